The van der Waals surface area contributed by atoms with Crippen LogP contribution in [0.5, 0.6) is 0 Å². The third-order valence-corrected chi connectivity index (χ3v) is 16.0. The zero-order valence-electron chi connectivity index (χ0n) is 46.0. The molecule has 2 aromatic rings. The molecule has 2 aliphatic rings. The van der Waals surface area contributed by atoms with E-state index in [1.165, 1.54) is 34.6 Å². The lowest BCUT2D eigenvalue weighted by Gasteiger charge is -2.39. The van der Waals surface area contributed by atoms with E-state index in [9.17, 15) is 144 Å². The molecule has 4 rings (SSSR count). The fourth-order valence-corrected chi connectivity index (χ4v) is 9.62. The van der Waals surface area contributed by atoms with E-state index in [2.05, 4.69) is 9.47 Å². The molecule has 0 saturated heterocycles. The maximum absolute atomic E-state index is 14.0. The first kappa shape index (κ1) is 77.9. The van der Waals surface area contributed by atoms with Gasteiger partial charge in [0, 0.05) is 42.4 Å². The Morgan fingerprint density at radius 3 is 1.16 bits per heavy atom. The van der Waals surface area contributed by atoms with Crippen LogP contribution in [0.25, 0.3) is 0 Å². The SMILES string of the molecule is CCC(C)(C(=O)OC1CC2CC1C(CO)C2CO)C(F)(F)F.CCC(C)c1cc(C(O)(C(F)(F)F)C(F)(F)F)cc(C(O)(C(F)(F)F)C(F)(F)F)c1.CCOCOC(c1cc(C(C)CC)cc(C(C)(C(F)(F)F)C(F)(F)F)c1)(C(F)(F)F)C(F)(F)F. The fourth-order valence-electron chi connectivity index (χ4n) is 9.62. The number of halogens is 27. The maximum Gasteiger partial charge on any atom is 0.430 e. The average Bonchev–Trinajstić information content (AvgIpc) is 0.970. The van der Waals surface area contributed by atoms with E-state index in [1.807, 2.05) is 0 Å². The number of hydrogen-bond donors (Lipinski definition) is 4. The van der Waals surface area contributed by atoms with Gasteiger partial charge in [-0.05, 0) is 105 Å². The number of ether oxygens (including phenoxy) is 3. The van der Waals surface area contributed by atoms with Gasteiger partial charge >= 0.3 is 61.6 Å². The highest BCUT2D eigenvalue weighted by molar-refractivity contribution is 5.77. The Kier molecular flexibility index (Phi) is 23.8. The standard InChI is InChI=1S/C20H22F12O2.C16H14F12O2.C15H23F3O4/c1-5-11(3)12-7-13(15(4,17(21,22)23)18(24,25)26)9-14(8-12)16(19(27,28)29,20(30,31)32)34-10-33-6-2;1-3-7(2)8-4-9(11(29,13(17,18)19)14(20,21)22)6-10(5-8)12(30,15(23,24)25)16(26,27)28;1-3-14(2,15(16,17)18)13(21)22-12-5-8-4-9(12)11(7-20)10(8)6-19/h7-9,11H,5-6,10H2,1-4H3;4-7,29-30H,3H2,1-2H3;8-12,19-20H,3-7H2,1-2H3. The highest BCUT2D eigenvalue weighted by Gasteiger charge is 2.76. The average molecular weight is 1310 g/mol. The number of benzene rings is 2. The van der Waals surface area contributed by atoms with E-state index in [-0.39, 0.29) is 87.9 Å². The third-order valence-electron chi connectivity index (χ3n) is 16.0. The summed E-state index contributed by atoms with van der Waals surface area (Å²) in [6.07, 6.45) is -55.7. The number of aliphatic hydroxyl groups excluding tert-OH is 2. The summed E-state index contributed by atoms with van der Waals surface area (Å²) < 4.78 is 376. The molecule has 8 unspecified atom stereocenters. The van der Waals surface area contributed by atoms with Crippen LogP contribution in [0.3, 0.4) is 0 Å². The number of fused-ring (bicyclic) bond motifs is 2. The van der Waals surface area contributed by atoms with Crippen molar-refractivity contribution in [3.8, 4) is 0 Å². The lowest BCUT2D eigenvalue weighted by Crippen LogP contribution is -2.57. The van der Waals surface area contributed by atoms with Crippen molar-refractivity contribution in [1.82, 2.24) is 0 Å². The van der Waals surface area contributed by atoms with Gasteiger partial charge in [-0.15, -0.1) is 0 Å². The Hall–Kier alpha value is -4.22. The fraction of sp³-hybridized carbons (Fsp3) is 0.745. The van der Waals surface area contributed by atoms with E-state index < -0.39 is 159 Å². The summed E-state index contributed by atoms with van der Waals surface area (Å²) in [5, 5.41) is 37.7. The normalized spacial score (nSPS) is 21.2. The van der Waals surface area contributed by atoms with Crippen LogP contribution in [0.2, 0.25) is 0 Å². The van der Waals surface area contributed by atoms with E-state index >= 15 is 0 Å². The van der Waals surface area contributed by atoms with Crippen LogP contribution in [-0.4, -0.2) is 115 Å². The first-order valence-electron chi connectivity index (χ1n) is 25.4. The predicted octanol–water partition coefficient (Wildman–Crippen LogP) is 15.9. The highest BCUT2D eigenvalue weighted by atomic mass is 19.5. The zero-order valence-corrected chi connectivity index (χ0v) is 46.0. The van der Waals surface area contributed by atoms with Gasteiger partial charge in [-0.3, -0.25) is 4.79 Å². The summed E-state index contributed by atoms with van der Waals surface area (Å²) in [5.74, 6) is -3.67. The monoisotopic (exact) mass is 1310 g/mol. The van der Waals surface area contributed by atoms with Crippen molar-refractivity contribution in [3.05, 3.63) is 69.8 Å². The largest absolute Gasteiger partial charge is 0.461 e. The minimum atomic E-state index is -6.56. The molecule has 2 bridgehead atoms. The van der Waals surface area contributed by atoms with E-state index in [4.69, 9.17) is 4.74 Å². The second-order valence-electron chi connectivity index (χ2n) is 21.0. The summed E-state index contributed by atoms with van der Waals surface area (Å²) in [4.78, 5) is 12.1. The lowest BCUT2D eigenvalue weighted by molar-refractivity contribution is -0.401. The Balaban J connectivity index is 0.000000449. The predicted molar refractivity (Wildman–Crippen MR) is 245 cm³/mol. The van der Waals surface area contributed by atoms with Crippen LogP contribution < -0.4 is 0 Å². The van der Waals surface area contributed by atoms with Gasteiger partial charge < -0.3 is 34.6 Å². The van der Waals surface area contributed by atoms with Gasteiger partial charge in [-0.25, -0.2) is 0 Å². The molecule has 0 amide bonds. The molecule has 0 aliphatic heterocycles. The Morgan fingerprint density at radius 2 is 0.860 bits per heavy atom. The second kappa shape index (κ2) is 26.3. The van der Waals surface area contributed by atoms with Crippen LogP contribution in [0.4, 0.5) is 119 Å². The molecular weight excluding hydrogens is 1250 g/mol. The van der Waals surface area contributed by atoms with Gasteiger partial charge in [0.15, 0.2) is 10.8 Å². The van der Waals surface area contributed by atoms with Gasteiger partial charge in [0.05, 0.1) is 0 Å². The number of esters is 1. The molecule has 35 heteroatoms. The Morgan fingerprint density at radius 1 is 0.500 bits per heavy atom. The summed E-state index contributed by atoms with van der Waals surface area (Å²) >= 11 is 0. The van der Waals surface area contributed by atoms with Gasteiger partial charge in [0.2, 0.25) is 0 Å². The van der Waals surface area contributed by atoms with Crippen LogP contribution in [-0.2, 0) is 41.2 Å². The Bertz CT molecular complexity index is 2430. The van der Waals surface area contributed by atoms with Crippen molar-refractivity contribution in [1.29, 1.82) is 0 Å². The van der Waals surface area contributed by atoms with Crippen molar-refractivity contribution in [2.24, 2.45) is 29.1 Å². The summed E-state index contributed by atoms with van der Waals surface area (Å²) in [6, 6.07) is -0.609. The second-order valence-corrected chi connectivity index (χ2v) is 21.0. The minimum absolute atomic E-state index is 0.00577. The summed E-state index contributed by atoms with van der Waals surface area (Å²) in [6.45, 7) is 5.89. The minimum Gasteiger partial charge on any atom is -0.461 e. The molecule has 8 atom stereocenters. The van der Waals surface area contributed by atoms with E-state index in [0.717, 1.165) is 13.8 Å². The lowest BCUT2D eigenvalue weighted by atomic mass is 9.76. The number of alkyl halides is 27. The highest BCUT2D eigenvalue weighted by Crippen LogP contribution is 2.59. The molecule has 500 valence electrons. The van der Waals surface area contributed by atoms with E-state index in [0.29, 0.717) is 18.9 Å². The molecule has 86 heavy (non-hydrogen) atoms. The molecule has 0 radical (unpaired) electrons. The molecule has 2 saturated carbocycles. The Labute approximate surface area is 472 Å². The molecule has 2 fully saturated rings. The molecule has 8 nitrogen and oxygen atoms in total. The molecule has 0 spiro atoms. The summed E-state index contributed by atoms with van der Waals surface area (Å²) in [5.41, 5.74) is -34.0. The van der Waals surface area contributed by atoms with Gasteiger partial charge in [-0.2, -0.15) is 119 Å². The van der Waals surface area contributed by atoms with Crippen molar-refractivity contribution in [2.45, 2.75) is 183 Å². The smallest absolute Gasteiger partial charge is 0.430 e. The number of carbonyl (C=O) groups is 1. The molecule has 0 heterocycles. The van der Waals surface area contributed by atoms with Crippen molar-refractivity contribution in [2.75, 3.05) is 26.6 Å². The zero-order chi connectivity index (χ0) is 67.8. The molecular formula is C51H59F27O8. The van der Waals surface area contributed by atoms with Gasteiger partial charge in [-0.1, -0.05) is 65.0 Å². The summed E-state index contributed by atoms with van der Waals surface area (Å²) in [7, 11) is 0. The van der Waals surface area contributed by atoms with Gasteiger partial charge in [0.1, 0.15) is 12.9 Å². The third kappa shape index (κ3) is 14.7. The number of aliphatic hydroxyl groups is 4. The maximum atomic E-state index is 14.0. The van der Waals surface area contributed by atoms with Crippen LogP contribution in [0.15, 0.2) is 36.4 Å². The molecule has 2 aromatic carbocycles. The van der Waals surface area contributed by atoms with Crippen molar-refractivity contribution < 1.29 is 158 Å². The first-order chi connectivity index (χ1) is 38.4. The first-order valence-corrected chi connectivity index (χ1v) is 25.4. The quantitative estimate of drug-likeness (QED) is 0.0534. The van der Waals surface area contributed by atoms with Crippen LogP contribution >= 0.6 is 0 Å². The number of hydrogen-bond acceptors (Lipinski definition) is 8. The van der Waals surface area contributed by atoms with Gasteiger partial charge in [0.25, 0.3) is 16.8 Å². The molecule has 0 aromatic heterocycles. The number of rotatable bonds is 17. The molecule has 4 N–H and O–H groups in total. The van der Waals surface area contributed by atoms with Crippen LogP contribution in [0.1, 0.15) is 133 Å². The van der Waals surface area contributed by atoms with Crippen molar-refractivity contribution in [3.63, 3.8) is 0 Å². The molecule has 2 aliphatic carbocycles. The van der Waals surface area contributed by atoms with E-state index in [1.54, 1.807) is 0 Å². The topological polar surface area (TPSA) is 126 Å². The van der Waals surface area contributed by atoms with Crippen molar-refractivity contribution >= 4 is 5.97 Å². The van der Waals surface area contributed by atoms with Crippen LogP contribution in [0, 0.1) is 29.1 Å². The number of carbonyl (C=O) groups excluding carboxylic acids is 1.